The van der Waals surface area contributed by atoms with E-state index >= 15 is 0 Å². The minimum atomic E-state index is -0.324. The zero-order valence-corrected chi connectivity index (χ0v) is 18.9. The van der Waals surface area contributed by atoms with Crippen LogP contribution in [-0.2, 0) is 9.63 Å². The molecule has 1 aliphatic rings. The van der Waals surface area contributed by atoms with Gasteiger partial charge < -0.3 is 4.84 Å². The number of carbonyl (C=O) groups is 1. The summed E-state index contributed by atoms with van der Waals surface area (Å²) in [7, 11) is 0. The number of halogens is 1. The number of unbranched alkanes of at least 4 members (excludes halogenated alkanes) is 2. The van der Waals surface area contributed by atoms with E-state index in [4.69, 9.17) is 9.94 Å². The molecule has 164 valence electrons. The normalized spacial score (nSPS) is 18.5. The van der Waals surface area contributed by atoms with Crippen molar-refractivity contribution in [1.29, 1.82) is 0 Å². The van der Waals surface area contributed by atoms with E-state index in [1.807, 2.05) is 43.1 Å². The number of oxime groups is 1. The van der Waals surface area contributed by atoms with Gasteiger partial charge in [-0.2, -0.15) is 5.10 Å². The first-order valence-electron chi connectivity index (χ1n) is 10.5. The van der Waals surface area contributed by atoms with Crippen molar-refractivity contribution < 1.29 is 14.0 Å². The molecule has 3 rings (SSSR count). The zero-order valence-electron chi connectivity index (χ0n) is 18.1. The zero-order chi connectivity index (χ0) is 22.2. The maximum atomic E-state index is 13.4. The average Bonchev–Trinajstić information content (AvgIpc) is 3.06. The molecule has 31 heavy (non-hydrogen) atoms. The Morgan fingerprint density at radius 1 is 1.16 bits per heavy atom. The predicted octanol–water partition coefficient (Wildman–Crippen LogP) is 6.17. The third-order valence-electron chi connectivity index (χ3n) is 5.03. The van der Waals surface area contributed by atoms with Crippen LogP contribution in [0.5, 0.6) is 0 Å². The molecule has 1 heterocycles. The molecule has 1 aliphatic heterocycles. The molecule has 0 N–H and O–H groups in total. The third-order valence-corrected chi connectivity index (χ3v) is 6.30. The average molecular weight is 442 g/mol. The number of hydrogen-bond donors (Lipinski definition) is 0. The summed E-state index contributed by atoms with van der Waals surface area (Å²) < 4.78 is 13.4. The Labute approximate surface area is 187 Å². The lowest BCUT2D eigenvalue weighted by Crippen LogP contribution is -2.31. The Balaban J connectivity index is 1.77. The minimum Gasteiger partial charge on any atom is -0.319 e. The number of hydrogen-bond acceptors (Lipinski definition) is 6. The van der Waals surface area contributed by atoms with Crippen LogP contribution in [-0.4, -0.2) is 23.3 Å². The predicted molar refractivity (Wildman–Crippen MR) is 125 cm³/mol. The highest BCUT2D eigenvalue weighted by Gasteiger charge is 2.36. The van der Waals surface area contributed by atoms with Crippen molar-refractivity contribution in [2.75, 3.05) is 5.01 Å². The number of nitrogens with zero attached hydrogens (tertiary/aromatic N) is 3. The summed E-state index contributed by atoms with van der Waals surface area (Å²) in [5.74, 6) is -0.762. The summed E-state index contributed by atoms with van der Waals surface area (Å²) >= 11 is 1.57. The maximum absolute atomic E-state index is 13.4. The summed E-state index contributed by atoms with van der Waals surface area (Å²) in [5, 5.41) is 10.5. The molecule has 0 radical (unpaired) electrons. The highest BCUT2D eigenvalue weighted by atomic mass is 32.2. The Hall–Kier alpha value is -2.67. The van der Waals surface area contributed by atoms with Crippen molar-refractivity contribution in [3.05, 3.63) is 59.9 Å². The molecule has 0 saturated heterocycles. The lowest BCUT2D eigenvalue weighted by molar-refractivity contribution is -0.143. The highest BCUT2D eigenvalue weighted by molar-refractivity contribution is 8.00. The fraction of sp³-hybridized carbons (Fsp3) is 0.375. The van der Waals surface area contributed by atoms with Gasteiger partial charge in [0.1, 0.15) is 11.2 Å². The number of aryl methyl sites for hydroxylation is 1. The molecule has 0 aliphatic carbocycles. The van der Waals surface area contributed by atoms with Crippen LogP contribution in [0.4, 0.5) is 10.1 Å². The van der Waals surface area contributed by atoms with Gasteiger partial charge in [0.2, 0.25) is 0 Å². The molecule has 0 amide bonds. The van der Waals surface area contributed by atoms with E-state index in [9.17, 15) is 9.18 Å². The van der Waals surface area contributed by atoms with Crippen LogP contribution in [0.3, 0.4) is 0 Å². The fourth-order valence-corrected chi connectivity index (χ4v) is 4.49. The van der Waals surface area contributed by atoms with E-state index in [0.717, 1.165) is 35.6 Å². The van der Waals surface area contributed by atoms with Crippen molar-refractivity contribution in [3.63, 3.8) is 0 Å². The van der Waals surface area contributed by atoms with Crippen LogP contribution < -0.4 is 5.01 Å². The van der Waals surface area contributed by atoms with Gasteiger partial charge in [-0.3, -0.25) is 5.01 Å². The van der Waals surface area contributed by atoms with Gasteiger partial charge in [-0.1, -0.05) is 54.4 Å². The highest BCUT2D eigenvalue weighted by Crippen LogP contribution is 2.38. The molecule has 5 nitrogen and oxygen atoms in total. The number of rotatable bonds is 9. The topological polar surface area (TPSA) is 54.3 Å². The summed E-state index contributed by atoms with van der Waals surface area (Å²) in [5.41, 5.74) is 2.99. The first-order valence-corrected chi connectivity index (χ1v) is 11.4. The van der Waals surface area contributed by atoms with Crippen molar-refractivity contribution in [2.24, 2.45) is 16.2 Å². The minimum absolute atomic E-state index is 0.143. The second-order valence-corrected chi connectivity index (χ2v) is 8.77. The van der Waals surface area contributed by atoms with Crippen LogP contribution in [0.15, 0.2) is 63.7 Å². The second-order valence-electron chi connectivity index (χ2n) is 7.58. The molecule has 0 bridgehead atoms. The number of hydrazone groups is 1. The fourth-order valence-electron chi connectivity index (χ4n) is 3.23. The Kier molecular flexibility index (Phi) is 8.23. The lowest BCUT2D eigenvalue weighted by atomic mass is 10.1. The Morgan fingerprint density at radius 3 is 2.55 bits per heavy atom. The summed E-state index contributed by atoms with van der Waals surface area (Å²) in [6, 6.07) is 14.5. The van der Waals surface area contributed by atoms with E-state index < -0.39 is 0 Å². The Morgan fingerprint density at radius 2 is 1.87 bits per heavy atom. The molecule has 2 aromatic carbocycles. The van der Waals surface area contributed by atoms with Crippen molar-refractivity contribution in [3.8, 4) is 0 Å². The van der Waals surface area contributed by atoms with Crippen molar-refractivity contribution in [1.82, 2.24) is 0 Å². The molecular weight excluding hydrogens is 413 g/mol. The first-order chi connectivity index (χ1) is 15.0. The number of thioether (sulfide) groups is 1. The van der Waals surface area contributed by atoms with Gasteiger partial charge in [0.15, 0.2) is 0 Å². The van der Waals surface area contributed by atoms with Crippen LogP contribution in [0.1, 0.15) is 45.1 Å². The van der Waals surface area contributed by atoms with Crippen molar-refractivity contribution in [2.45, 2.75) is 56.7 Å². The van der Waals surface area contributed by atoms with Crippen LogP contribution in [0, 0.1) is 18.7 Å². The molecule has 7 heteroatoms. The molecule has 0 spiro atoms. The van der Waals surface area contributed by atoms with Gasteiger partial charge in [0.25, 0.3) is 0 Å². The third kappa shape index (κ3) is 6.40. The van der Waals surface area contributed by atoms with Gasteiger partial charge in [-0.15, -0.1) is 0 Å². The van der Waals surface area contributed by atoms with E-state index in [2.05, 4.69) is 12.1 Å². The van der Waals surface area contributed by atoms with Crippen LogP contribution in [0.25, 0.3) is 0 Å². The standard InChI is InChI=1S/C24H28FN3O2S/c1-4-5-6-7-23(29)30-26-16-22-18(3)27-28(20-12-8-17(2)9-13-20)24(22)31-21-14-10-19(25)11-15-21/h8-16,22,24H,4-7H2,1-3H3/b26-16+. The summed E-state index contributed by atoms with van der Waals surface area (Å²) in [4.78, 5) is 17.9. The number of benzene rings is 2. The molecular formula is C24H28FN3O2S. The van der Waals surface area contributed by atoms with Crippen molar-refractivity contribution >= 4 is 35.3 Å². The molecule has 2 unspecified atom stereocenters. The quantitative estimate of drug-likeness (QED) is 0.202. The molecule has 2 atom stereocenters. The van der Waals surface area contributed by atoms with Gasteiger partial charge in [0, 0.05) is 17.0 Å². The number of anilines is 1. The summed E-state index contributed by atoms with van der Waals surface area (Å²) in [6.07, 6.45) is 4.86. The largest absolute Gasteiger partial charge is 0.334 e. The number of carbonyl (C=O) groups excluding carboxylic acids is 1. The Bertz CT molecular complexity index is 929. The maximum Gasteiger partial charge on any atom is 0.334 e. The molecule has 0 saturated carbocycles. The van der Waals surface area contributed by atoms with E-state index in [-0.39, 0.29) is 23.1 Å². The first kappa shape index (κ1) is 23.0. The monoisotopic (exact) mass is 441 g/mol. The van der Waals surface area contributed by atoms with Crippen LogP contribution >= 0.6 is 11.8 Å². The second kappa shape index (κ2) is 11.1. The van der Waals surface area contributed by atoms with Gasteiger partial charge >= 0.3 is 5.97 Å². The van der Waals surface area contributed by atoms with E-state index in [1.54, 1.807) is 30.1 Å². The lowest BCUT2D eigenvalue weighted by Gasteiger charge is -2.26. The molecule has 2 aromatic rings. The van der Waals surface area contributed by atoms with E-state index in [0.29, 0.717) is 6.42 Å². The summed E-state index contributed by atoms with van der Waals surface area (Å²) in [6.45, 7) is 6.06. The van der Waals surface area contributed by atoms with Crippen LogP contribution in [0.2, 0.25) is 0 Å². The molecule has 0 fully saturated rings. The van der Waals surface area contributed by atoms with Gasteiger partial charge in [-0.25, -0.2) is 9.18 Å². The SMILES string of the molecule is CCCCCC(=O)O/N=C/C1C(C)=NN(c2ccc(C)cc2)C1Sc1ccc(F)cc1. The van der Waals surface area contributed by atoms with Gasteiger partial charge in [0.05, 0.1) is 17.8 Å². The smallest absolute Gasteiger partial charge is 0.319 e. The molecule has 0 aromatic heterocycles. The van der Waals surface area contributed by atoms with Gasteiger partial charge in [-0.05, 0) is 56.7 Å². The van der Waals surface area contributed by atoms with E-state index in [1.165, 1.54) is 17.7 Å².